The predicted octanol–water partition coefficient (Wildman–Crippen LogP) is 22.4. The summed E-state index contributed by atoms with van der Waals surface area (Å²) in [5.41, 5.74) is 22.9. The monoisotopic (exact) mass is 1330 g/mol. The summed E-state index contributed by atoms with van der Waals surface area (Å²) in [5, 5.41) is 0. The van der Waals surface area contributed by atoms with Crippen molar-refractivity contribution in [3.63, 3.8) is 0 Å². The first-order chi connectivity index (χ1) is 42.2. The maximum Gasteiger partial charge on any atom is 0.144 e. The van der Waals surface area contributed by atoms with Crippen LogP contribution in [0.2, 0.25) is 0 Å². The zero-order valence-electron chi connectivity index (χ0n) is 53.2. The number of nitrogens with zero attached hydrogens (tertiary/aromatic N) is 6. The van der Waals surface area contributed by atoms with Crippen LogP contribution in [0.5, 0.6) is 0 Å². The Morgan fingerprint density at radius 3 is 0.568 bits per heavy atom. The molecule has 0 unspecified atom stereocenters. The Balaban J connectivity index is 0.000000156. The molecule has 0 fully saturated rings. The van der Waals surface area contributed by atoms with Gasteiger partial charge in [0.2, 0.25) is 0 Å². The quantitative estimate of drug-likeness (QED) is 0.103. The fourth-order valence-electron chi connectivity index (χ4n) is 11.8. The third kappa shape index (κ3) is 14.3. The molecule has 7 heteroatoms. The van der Waals surface area contributed by atoms with Crippen molar-refractivity contribution < 1.29 is 20.1 Å². The zero-order chi connectivity index (χ0) is 61.1. The van der Waals surface area contributed by atoms with Gasteiger partial charge in [-0.05, 0) is 139 Å². The van der Waals surface area contributed by atoms with E-state index < -0.39 is 0 Å². The van der Waals surface area contributed by atoms with Gasteiger partial charge in [0.05, 0.1) is 17.1 Å². The fraction of sp³-hybridized carbons (Fsp3) is 0.222. The minimum Gasteiger partial charge on any atom is -0.299 e. The first kappa shape index (κ1) is 63.8. The van der Waals surface area contributed by atoms with E-state index in [1.54, 1.807) is 0 Å². The number of benzene rings is 9. The standard InChI is InChI=1S/3C27H28N2.Ir/c3*1-19(2)24-17-23(21-11-7-5-8-12-21)18-25(20(3)4)26(24)29-16-15-28-27(29)22-13-9-6-10-14-22;/h3*5-20H,1-4H3;. The molecule has 0 amide bonds. The second-order valence-corrected chi connectivity index (χ2v) is 24.5. The molecule has 0 spiro atoms. The van der Waals surface area contributed by atoms with E-state index in [9.17, 15) is 0 Å². The summed E-state index contributed by atoms with van der Waals surface area (Å²) in [6, 6.07) is 77.5. The van der Waals surface area contributed by atoms with Crippen LogP contribution in [0.1, 0.15) is 152 Å². The van der Waals surface area contributed by atoms with Gasteiger partial charge in [0.25, 0.3) is 0 Å². The van der Waals surface area contributed by atoms with Crippen LogP contribution in [0.3, 0.4) is 0 Å². The SMILES string of the molecule is CC(C)c1cc(-c2ccccc2)cc(C(C)C)c1-n1ccnc1-c1ccccc1.CC(C)c1cc(-c2ccccc2)cc(C(C)C)c1-n1ccnc1-c1ccccc1.CC(C)c1cc(-c2ccccc2)cc(C(C)C)c1-n1ccnc1-c1ccccc1.[Ir]. The normalized spacial score (nSPS) is 11.2. The maximum absolute atomic E-state index is 4.71. The Labute approximate surface area is 537 Å². The van der Waals surface area contributed by atoms with E-state index in [2.05, 4.69) is 316 Å². The van der Waals surface area contributed by atoms with E-state index in [0.717, 1.165) is 34.2 Å². The minimum atomic E-state index is 0. The molecule has 12 rings (SSSR count). The summed E-state index contributed by atoms with van der Waals surface area (Å²) >= 11 is 0. The van der Waals surface area contributed by atoms with E-state index in [-0.39, 0.29) is 20.1 Å². The van der Waals surface area contributed by atoms with E-state index in [0.29, 0.717) is 35.5 Å². The van der Waals surface area contributed by atoms with Gasteiger partial charge in [0, 0.05) is 74.0 Å². The van der Waals surface area contributed by atoms with Crippen molar-refractivity contribution >= 4 is 0 Å². The van der Waals surface area contributed by atoms with Gasteiger partial charge in [0.15, 0.2) is 0 Å². The van der Waals surface area contributed by atoms with E-state index >= 15 is 0 Å². The van der Waals surface area contributed by atoms with Crippen molar-refractivity contribution in [3.05, 3.63) is 289 Å². The molecule has 0 aliphatic carbocycles. The van der Waals surface area contributed by atoms with Crippen LogP contribution in [0.15, 0.2) is 256 Å². The molecule has 0 atom stereocenters. The van der Waals surface area contributed by atoms with Crippen molar-refractivity contribution in [3.8, 4) is 84.6 Å². The Hall–Kier alpha value is -8.74. The maximum atomic E-state index is 4.71. The van der Waals surface area contributed by atoms with Crippen molar-refractivity contribution in [2.24, 2.45) is 0 Å². The topological polar surface area (TPSA) is 53.5 Å². The van der Waals surface area contributed by atoms with Gasteiger partial charge in [-0.1, -0.05) is 265 Å². The van der Waals surface area contributed by atoms with Gasteiger partial charge < -0.3 is 0 Å². The van der Waals surface area contributed by atoms with Crippen LogP contribution >= 0.6 is 0 Å². The molecule has 1 radical (unpaired) electrons. The van der Waals surface area contributed by atoms with Gasteiger partial charge in [-0.2, -0.15) is 0 Å². The molecule has 6 nitrogen and oxygen atoms in total. The van der Waals surface area contributed by atoms with Crippen molar-refractivity contribution in [1.82, 2.24) is 28.7 Å². The summed E-state index contributed by atoms with van der Waals surface area (Å²) in [4.78, 5) is 14.1. The largest absolute Gasteiger partial charge is 0.299 e. The fourth-order valence-corrected chi connectivity index (χ4v) is 11.8. The molecule has 0 aliphatic heterocycles. The third-order valence-electron chi connectivity index (χ3n) is 16.3. The molecule has 3 aromatic heterocycles. The first-order valence-corrected chi connectivity index (χ1v) is 31.2. The number of hydrogen-bond donors (Lipinski definition) is 0. The van der Waals surface area contributed by atoms with Crippen molar-refractivity contribution in [2.45, 2.75) is 119 Å². The molecule has 88 heavy (non-hydrogen) atoms. The van der Waals surface area contributed by atoms with Gasteiger partial charge >= 0.3 is 0 Å². The van der Waals surface area contributed by atoms with Gasteiger partial charge in [-0.25, -0.2) is 15.0 Å². The summed E-state index contributed by atoms with van der Waals surface area (Å²) in [5.74, 6) is 5.36. The van der Waals surface area contributed by atoms with E-state index in [1.807, 2.05) is 36.8 Å². The van der Waals surface area contributed by atoms with Crippen molar-refractivity contribution in [1.29, 1.82) is 0 Å². The van der Waals surface area contributed by atoms with E-state index in [1.165, 1.54) is 83.8 Å². The molecular formula is C81H84IrN6. The number of rotatable bonds is 15. The Morgan fingerprint density at radius 1 is 0.227 bits per heavy atom. The molecule has 9 aromatic carbocycles. The Bertz CT molecular complexity index is 3620. The summed E-state index contributed by atoms with van der Waals surface area (Å²) in [6.45, 7) is 27.3. The summed E-state index contributed by atoms with van der Waals surface area (Å²) in [6.07, 6.45) is 12.0. The van der Waals surface area contributed by atoms with Crippen LogP contribution in [-0.4, -0.2) is 28.7 Å². The molecule has 0 saturated carbocycles. The smallest absolute Gasteiger partial charge is 0.144 e. The van der Waals surface area contributed by atoms with Gasteiger partial charge in [-0.15, -0.1) is 0 Å². The van der Waals surface area contributed by atoms with Crippen LogP contribution in [0.4, 0.5) is 0 Å². The third-order valence-corrected chi connectivity index (χ3v) is 16.3. The number of aromatic nitrogens is 6. The molecule has 0 saturated heterocycles. The molecular weight excluding hydrogens is 1250 g/mol. The average molecular weight is 1330 g/mol. The van der Waals surface area contributed by atoms with Crippen molar-refractivity contribution in [2.75, 3.05) is 0 Å². The molecule has 0 N–H and O–H groups in total. The van der Waals surface area contributed by atoms with Crippen LogP contribution in [-0.2, 0) is 20.1 Å². The van der Waals surface area contributed by atoms with E-state index in [4.69, 9.17) is 15.0 Å². The average Bonchev–Trinajstić information content (AvgIpc) is 1.56. The zero-order valence-corrected chi connectivity index (χ0v) is 55.6. The molecule has 0 aliphatic rings. The van der Waals surface area contributed by atoms with Crippen LogP contribution in [0.25, 0.3) is 84.6 Å². The van der Waals surface area contributed by atoms with Gasteiger partial charge in [-0.3, -0.25) is 13.7 Å². The van der Waals surface area contributed by atoms with Crippen LogP contribution in [0, 0.1) is 0 Å². The Morgan fingerprint density at radius 2 is 0.398 bits per heavy atom. The second-order valence-electron chi connectivity index (χ2n) is 24.5. The second kappa shape index (κ2) is 29.3. The summed E-state index contributed by atoms with van der Waals surface area (Å²) < 4.78 is 6.82. The molecule has 3 heterocycles. The van der Waals surface area contributed by atoms with Crippen LogP contribution < -0.4 is 0 Å². The molecule has 12 aromatic rings. The molecule has 0 bridgehead atoms. The number of hydrogen-bond acceptors (Lipinski definition) is 3. The number of imidazole rings is 3. The Kier molecular flexibility index (Phi) is 21.2. The summed E-state index contributed by atoms with van der Waals surface area (Å²) in [7, 11) is 0. The minimum absolute atomic E-state index is 0. The predicted molar refractivity (Wildman–Crippen MR) is 368 cm³/mol. The molecule has 447 valence electrons. The first-order valence-electron chi connectivity index (χ1n) is 31.2. The van der Waals surface area contributed by atoms with Gasteiger partial charge in [0.1, 0.15) is 17.5 Å².